The maximum absolute atomic E-state index is 13.6. The number of hydrogen-bond donors (Lipinski definition) is 3. The lowest BCUT2D eigenvalue weighted by Gasteiger charge is -2.44. The number of amides is 2. The molecule has 36 heavy (non-hydrogen) atoms. The van der Waals surface area contributed by atoms with Crippen LogP contribution in [0.2, 0.25) is 0 Å². The Morgan fingerprint density at radius 1 is 0.861 bits per heavy atom. The summed E-state index contributed by atoms with van der Waals surface area (Å²) in [5, 5.41) is 10.1. The summed E-state index contributed by atoms with van der Waals surface area (Å²) in [7, 11) is 0. The van der Waals surface area contributed by atoms with Crippen LogP contribution >= 0.6 is 0 Å². The van der Waals surface area contributed by atoms with Gasteiger partial charge in [-0.2, -0.15) is 0 Å². The molecule has 1 atom stereocenters. The average Bonchev–Trinajstić information content (AvgIpc) is 2.87. The Bertz CT molecular complexity index is 926. The lowest BCUT2D eigenvalue weighted by Crippen LogP contribution is -2.67. The lowest BCUT2D eigenvalue weighted by molar-refractivity contribution is -0.134. The normalized spacial score (nSPS) is 18.4. The molecule has 0 spiro atoms. The van der Waals surface area contributed by atoms with Crippen LogP contribution in [0.1, 0.15) is 88.7 Å². The Morgan fingerprint density at radius 2 is 1.44 bits per heavy atom. The fourth-order valence-electron chi connectivity index (χ4n) is 5.70. The van der Waals surface area contributed by atoms with E-state index < -0.39 is 11.6 Å². The molecule has 2 aromatic rings. The molecule has 3 N–H and O–H groups in total. The van der Waals surface area contributed by atoms with Crippen LogP contribution < -0.4 is 16.0 Å². The van der Waals surface area contributed by atoms with E-state index in [2.05, 4.69) is 54.1 Å². The number of benzene rings is 2. The van der Waals surface area contributed by atoms with Crippen LogP contribution in [0.25, 0.3) is 0 Å². The first-order chi connectivity index (χ1) is 17.5. The van der Waals surface area contributed by atoms with Crippen molar-refractivity contribution in [3.8, 4) is 0 Å². The zero-order valence-corrected chi connectivity index (χ0v) is 22.0. The van der Waals surface area contributed by atoms with Crippen molar-refractivity contribution in [2.45, 2.75) is 95.2 Å². The summed E-state index contributed by atoms with van der Waals surface area (Å²) in [6.07, 6.45) is 9.09. The van der Waals surface area contributed by atoms with Gasteiger partial charge < -0.3 is 10.6 Å². The van der Waals surface area contributed by atoms with Gasteiger partial charge in [0.25, 0.3) is 0 Å². The van der Waals surface area contributed by atoms with Crippen LogP contribution in [0.3, 0.4) is 0 Å². The van der Waals surface area contributed by atoms with Crippen molar-refractivity contribution in [2.75, 3.05) is 6.54 Å². The van der Waals surface area contributed by atoms with Gasteiger partial charge in [0.2, 0.25) is 11.8 Å². The second-order valence-corrected chi connectivity index (χ2v) is 11.2. The quantitative estimate of drug-likeness (QED) is 0.401. The van der Waals surface area contributed by atoms with Crippen LogP contribution in [0.4, 0.5) is 0 Å². The first-order valence-electron chi connectivity index (χ1n) is 13.9. The molecule has 0 aliphatic heterocycles. The second-order valence-electron chi connectivity index (χ2n) is 11.2. The highest BCUT2D eigenvalue weighted by Crippen LogP contribution is 2.34. The third-order valence-corrected chi connectivity index (χ3v) is 7.94. The van der Waals surface area contributed by atoms with E-state index in [1.54, 1.807) is 0 Å². The Balaban J connectivity index is 1.44. The monoisotopic (exact) mass is 489 g/mol. The van der Waals surface area contributed by atoms with Gasteiger partial charge in [0, 0.05) is 18.5 Å². The summed E-state index contributed by atoms with van der Waals surface area (Å²) >= 11 is 0. The van der Waals surface area contributed by atoms with E-state index in [0.717, 1.165) is 32.1 Å². The van der Waals surface area contributed by atoms with Crippen molar-refractivity contribution in [1.29, 1.82) is 0 Å². The molecule has 2 saturated carbocycles. The molecule has 0 aromatic heterocycles. The van der Waals surface area contributed by atoms with Gasteiger partial charge in [0.15, 0.2) is 0 Å². The van der Waals surface area contributed by atoms with E-state index in [0.29, 0.717) is 18.9 Å². The van der Waals surface area contributed by atoms with Crippen LogP contribution in [0.5, 0.6) is 0 Å². The fraction of sp³-hybridized carbons (Fsp3) is 0.548. The summed E-state index contributed by atoms with van der Waals surface area (Å²) in [6.45, 7) is 4.78. The van der Waals surface area contributed by atoms with Crippen molar-refractivity contribution >= 4 is 11.8 Å². The molecular weight excluding hydrogens is 446 g/mol. The summed E-state index contributed by atoms with van der Waals surface area (Å²) in [5.74, 6) is 0.486. The largest absolute Gasteiger partial charge is 0.354 e. The molecule has 0 bridgehead atoms. The van der Waals surface area contributed by atoms with Crippen LogP contribution in [0, 0.1) is 5.92 Å². The zero-order valence-electron chi connectivity index (χ0n) is 22.0. The molecule has 2 fully saturated rings. The molecule has 2 aliphatic rings. The van der Waals surface area contributed by atoms with E-state index in [1.807, 2.05) is 36.4 Å². The molecule has 5 heteroatoms. The number of nitrogens with one attached hydrogen (secondary N) is 3. The smallest absolute Gasteiger partial charge is 0.240 e. The molecule has 2 aromatic carbocycles. The van der Waals surface area contributed by atoms with E-state index >= 15 is 0 Å². The Hall–Kier alpha value is -2.66. The Kier molecular flexibility index (Phi) is 9.19. The molecule has 2 aliphatic carbocycles. The molecule has 0 heterocycles. The van der Waals surface area contributed by atoms with E-state index in [9.17, 15) is 9.59 Å². The number of hydrogen-bond acceptors (Lipinski definition) is 3. The van der Waals surface area contributed by atoms with Gasteiger partial charge in [-0.25, -0.2) is 0 Å². The third kappa shape index (κ3) is 6.76. The number of rotatable bonds is 11. The first kappa shape index (κ1) is 26.4. The van der Waals surface area contributed by atoms with Crippen LogP contribution in [-0.4, -0.2) is 36.0 Å². The molecule has 0 unspecified atom stereocenters. The Labute approximate surface area is 216 Å². The molecule has 0 saturated heterocycles. The second kappa shape index (κ2) is 12.5. The van der Waals surface area contributed by atoms with E-state index in [4.69, 9.17) is 0 Å². The minimum atomic E-state index is -0.618. The van der Waals surface area contributed by atoms with Gasteiger partial charge >= 0.3 is 0 Å². The minimum absolute atomic E-state index is 0.0164. The van der Waals surface area contributed by atoms with Crippen LogP contribution in [0.15, 0.2) is 60.7 Å². The van der Waals surface area contributed by atoms with Gasteiger partial charge in [-0.15, -0.1) is 0 Å². The summed E-state index contributed by atoms with van der Waals surface area (Å²) in [5.41, 5.74) is 1.74. The van der Waals surface area contributed by atoms with E-state index in [-0.39, 0.29) is 23.8 Å². The summed E-state index contributed by atoms with van der Waals surface area (Å²) < 4.78 is 0. The third-order valence-electron chi connectivity index (χ3n) is 7.94. The predicted molar refractivity (Wildman–Crippen MR) is 146 cm³/mol. The maximum Gasteiger partial charge on any atom is 0.240 e. The number of carbonyl (C=O) groups excluding carboxylic acids is 2. The van der Waals surface area contributed by atoms with Gasteiger partial charge in [-0.3, -0.25) is 14.9 Å². The SMILES string of the molecule is CC(C)C[C@H](NC1(C(=O)NC2CCCCC2)CCC1)C(=O)NCC(c1ccccc1)c1ccccc1. The van der Waals surface area contributed by atoms with Crippen molar-refractivity contribution in [1.82, 2.24) is 16.0 Å². The summed E-state index contributed by atoms with van der Waals surface area (Å²) in [4.78, 5) is 27.0. The highest BCUT2D eigenvalue weighted by molar-refractivity contribution is 5.89. The standard InChI is InChI=1S/C31H43N3O2/c1-23(2)21-28(34-31(19-12-20-31)30(36)33-26-17-10-5-11-18-26)29(35)32-22-27(24-13-6-3-7-14-24)25-15-8-4-9-16-25/h3-4,6-9,13-16,23,26-28,34H,5,10-12,17-22H2,1-2H3,(H,32,35)(H,33,36)/t28-/m0/s1. The molecule has 2 amide bonds. The zero-order chi connectivity index (χ0) is 25.4. The molecular formula is C31H43N3O2. The number of carbonyl (C=O) groups is 2. The average molecular weight is 490 g/mol. The van der Waals surface area contributed by atoms with Gasteiger partial charge in [0.1, 0.15) is 0 Å². The minimum Gasteiger partial charge on any atom is -0.354 e. The lowest BCUT2D eigenvalue weighted by atomic mass is 9.74. The van der Waals surface area contributed by atoms with Crippen molar-refractivity contribution < 1.29 is 9.59 Å². The van der Waals surface area contributed by atoms with Crippen molar-refractivity contribution in [3.63, 3.8) is 0 Å². The van der Waals surface area contributed by atoms with Gasteiger partial charge in [-0.05, 0) is 55.6 Å². The predicted octanol–water partition coefficient (Wildman–Crippen LogP) is 5.31. The van der Waals surface area contributed by atoms with Gasteiger partial charge in [0.05, 0.1) is 11.6 Å². The highest BCUT2D eigenvalue weighted by atomic mass is 16.2. The Morgan fingerprint density at radius 3 is 1.94 bits per heavy atom. The molecule has 0 radical (unpaired) electrons. The highest BCUT2D eigenvalue weighted by Gasteiger charge is 2.47. The molecule has 194 valence electrons. The molecule has 4 rings (SSSR count). The van der Waals surface area contributed by atoms with Crippen LogP contribution in [-0.2, 0) is 9.59 Å². The van der Waals surface area contributed by atoms with E-state index in [1.165, 1.54) is 30.4 Å². The fourth-order valence-corrected chi connectivity index (χ4v) is 5.70. The maximum atomic E-state index is 13.6. The van der Waals surface area contributed by atoms with Crippen molar-refractivity contribution in [2.24, 2.45) is 5.92 Å². The van der Waals surface area contributed by atoms with Crippen molar-refractivity contribution in [3.05, 3.63) is 71.8 Å². The molecule has 5 nitrogen and oxygen atoms in total. The summed E-state index contributed by atoms with van der Waals surface area (Å²) in [6, 6.07) is 20.6. The first-order valence-corrected chi connectivity index (χ1v) is 13.9. The topological polar surface area (TPSA) is 70.2 Å². The van der Waals surface area contributed by atoms with Gasteiger partial charge in [-0.1, -0.05) is 93.8 Å².